The molecule has 0 radical (unpaired) electrons. The van der Waals surface area contributed by atoms with Gasteiger partial charge in [0.15, 0.2) is 0 Å². The summed E-state index contributed by atoms with van der Waals surface area (Å²) in [5, 5.41) is 3.02. The van der Waals surface area contributed by atoms with Crippen molar-refractivity contribution < 1.29 is 4.79 Å². The molecular weight excluding hydrogens is 188 g/mol. The first-order valence-corrected chi connectivity index (χ1v) is 5.88. The summed E-state index contributed by atoms with van der Waals surface area (Å²) in [5.74, 6) is 0.748. The van der Waals surface area contributed by atoms with Gasteiger partial charge >= 0.3 is 6.03 Å². The lowest BCUT2D eigenvalue weighted by Gasteiger charge is -2.31. The van der Waals surface area contributed by atoms with Crippen LogP contribution < -0.4 is 5.32 Å². The van der Waals surface area contributed by atoms with Gasteiger partial charge in [-0.3, -0.25) is 0 Å². The van der Waals surface area contributed by atoms with Crippen molar-refractivity contribution in [2.75, 3.05) is 6.54 Å². The minimum atomic E-state index is -0.145. The normalized spacial score (nSPS) is 16.7. The number of rotatable bonds is 3. The molecule has 1 saturated carbocycles. The molecule has 0 spiro atoms. The summed E-state index contributed by atoms with van der Waals surface area (Å²) < 4.78 is 0. The number of hydrogen-bond donors (Lipinski definition) is 1. The zero-order chi connectivity index (χ0) is 11.6. The molecule has 0 aliphatic heterocycles. The summed E-state index contributed by atoms with van der Waals surface area (Å²) in [4.78, 5) is 13.9. The van der Waals surface area contributed by atoms with E-state index in [1.54, 1.807) is 0 Å². The summed E-state index contributed by atoms with van der Waals surface area (Å²) >= 11 is 0. The van der Waals surface area contributed by atoms with E-state index in [9.17, 15) is 4.79 Å². The number of amides is 2. The Balaban J connectivity index is 2.50. The van der Waals surface area contributed by atoms with Gasteiger partial charge in [-0.15, -0.1) is 0 Å². The van der Waals surface area contributed by atoms with Gasteiger partial charge in [0, 0.05) is 18.1 Å². The van der Waals surface area contributed by atoms with Crippen molar-refractivity contribution in [1.82, 2.24) is 10.2 Å². The van der Waals surface area contributed by atoms with E-state index in [0.717, 1.165) is 12.5 Å². The van der Waals surface area contributed by atoms with Crippen molar-refractivity contribution in [2.45, 2.75) is 59.0 Å². The third-order valence-electron chi connectivity index (χ3n) is 2.52. The number of carbonyl (C=O) groups is 1. The van der Waals surface area contributed by atoms with E-state index in [0.29, 0.717) is 0 Å². The molecule has 0 unspecified atom stereocenters. The molecular formula is C12H24N2O. The highest BCUT2D eigenvalue weighted by Crippen LogP contribution is 2.30. The number of urea groups is 1. The fraction of sp³-hybridized carbons (Fsp3) is 0.917. The van der Waals surface area contributed by atoms with E-state index in [1.165, 1.54) is 12.8 Å². The Bertz CT molecular complexity index is 226. The van der Waals surface area contributed by atoms with Crippen LogP contribution in [-0.4, -0.2) is 29.1 Å². The van der Waals surface area contributed by atoms with Crippen molar-refractivity contribution in [3.8, 4) is 0 Å². The summed E-state index contributed by atoms with van der Waals surface area (Å²) in [6, 6.07) is 0.359. The van der Waals surface area contributed by atoms with Crippen molar-refractivity contribution in [3.63, 3.8) is 0 Å². The Morgan fingerprint density at radius 3 is 2.27 bits per heavy atom. The molecule has 0 aromatic carbocycles. The molecule has 88 valence electrons. The van der Waals surface area contributed by atoms with Crippen LogP contribution in [0, 0.1) is 5.92 Å². The molecule has 3 nitrogen and oxygen atoms in total. The first-order chi connectivity index (χ1) is 6.79. The lowest BCUT2D eigenvalue weighted by Crippen LogP contribution is -2.51. The molecule has 0 heterocycles. The van der Waals surface area contributed by atoms with Crippen molar-refractivity contribution in [1.29, 1.82) is 0 Å². The van der Waals surface area contributed by atoms with Crippen LogP contribution in [0.4, 0.5) is 4.79 Å². The van der Waals surface area contributed by atoms with E-state index in [-0.39, 0.29) is 17.6 Å². The van der Waals surface area contributed by atoms with Gasteiger partial charge in [-0.05, 0) is 53.4 Å². The summed E-state index contributed by atoms with van der Waals surface area (Å²) in [7, 11) is 0. The zero-order valence-electron chi connectivity index (χ0n) is 10.6. The number of carbonyl (C=O) groups excluding carboxylic acids is 1. The van der Waals surface area contributed by atoms with E-state index >= 15 is 0 Å². The third-order valence-corrected chi connectivity index (χ3v) is 2.52. The molecule has 0 aromatic heterocycles. The maximum Gasteiger partial charge on any atom is 0.318 e. The average molecular weight is 212 g/mol. The molecule has 2 amide bonds. The van der Waals surface area contributed by atoms with Gasteiger partial charge in [0.25, 0.3) is 0 Å². The van der Waals surface area contributed by atoms with Crippen LogP contribution in [0.25, 0.3) is 0 Å². The van der Waals surface area contributed by atoms with E-state index < -0.39 is 0 Å². The Morgan fingerprint density at radius 1 is 1.40 bits per heavy atom. The van der Waals surface area contributed by atoms with E-state index in [2.05, 4.69) is 19.2 Å². The fourth-order valence-corrected chi connectivity index (χ4v) is 1.50. The van der Waals surface area contributed by atoms with Gasteiger partial charge in [-0.1, -0.05) is 0 Å². The van der Waals surface area contributed by atoms with Gasteiger partial charge in [-0.25, -0.2) is 4.79 Å². The van der Waals surface area contributed by atoms with Gasteiger partial charge < -0.3 is 10.2 Å². The van der Waals surface area contributed by atoms with Gasteiger partial charge in [-0.2, -0.15) is 0 Å². The molecule has 0 saturated heterocycles. The number of nitrogens with zero attached hydrogens (tertiary/aromatic N) is 1. The molecule has 1 fully saturated rings. The first-order valence-electron chi connectivity index (χ1n) is 5.88. The fourth-order valence-electron chi connectivity index (χ4n) is 1.50. The monoisotopic (exact) mass is 212 g/mol. The average Bonchev–Trinajstić information content (AvgIpc) is 2.78. The van der Waals surface area contributed by atoms with E-state index in [1.807, 2.05) is 25.7 Å². The molecule has 0 atom stereocenters. The molecule has 1 aliphatic rings. The Kier molecular flexibility index (Phi) is 3.63. The second-order valence-corrected chi connectivity index (χ2v) is 5.87. The van der Waals surface area contributed by atoms with Crippen LogP contribution in [0.1, 0.15) is 47.5 Å². The van der Waals surface area contributed by atoms with Crippen LogP contribution in [0.5, 0.6) is 0 Å². The Morgan fingerprint density at radius 2 is 1.93 bits per heavy atom. The number of nitrogens with one attached hydrogen (secondary N) is 1. The highest BCUT2D eigenvalue weighted by atomic mass is 16.2. The molecule has 1 N–H and O–H groups in total. The second-order valence-electron chi connectivity index (χ2n) is 5.87. The lowest BCUT2D eigenvalue weighted by molar-refractivity contribution is 0.171. The standard InChI is InChI=1S/C12H24N2O/c1-9(2)14(8-10-6-7-10)11(15)13-12(3,4)5/h9-10H,6-8H2,1-5H3,(H,13,15). The minimum Gasteiger partial charge on any atom is -0.333 e. The zero-order valence-corrected chi connectivity index (χ0v) is 10.6. The third kappa shape index (κ3) is 4.54. The maximum atomic E-state index is 12.0. The predicted octanol–water partition coefficient (Wildman–Crippen LogP) is 2.61. The maximum absolute atomic E-state index is 12.0. The SMILES string of the molecule is CC(C)N(CC1CC1)C(=O)NC(C)(C)C. The van der Waals surface area contributed by atoms with Crippen molar-refractivity contribution in [3.05, 3.63) is 0 Å². The summed E-state index contributed by atoms with van der Waals surface area (Å²) in [6.45, 7) is 11.1. The molecule has 0 aromatic rings. The summed E-state index contributed by atoms with van der Waals surface area (Å²) in [5.41, 5.74) is -0.145. The highest BCUT2D eigenvalue weighted by Gasteiger charge is 2.29. The Hall–Kier alpha value is -0.730. The molecule has 0 bridgehead atoms. The van der Waals surface area contributed by atoms with Gasteiger partial charge in [0.2, 0.25) is 0 Å². The van der Waals surface area contributed by atoms with Crippen LogP contribution in [-0.2, 0) is 0 Å². The topological polar surface area (TPSA) is 32.3 Å². The second kappa shape index (κ2) is 4.42. The van der Waals surface area contributed by atoms with Crippen LogP contribution >= 0.6 is 0 Å². The quantitative estimate of drug-likeness (QED) is 0.766. The van der Waals surface area contributed by atoms with Gasteiger partial charge in [0.05, 0.1) is 0 Å². The highest BCUT2D eigenvalue weighted by molar-refractivity contribution is 5.75. The van der Waals surface area contributed by atoms with E-state index in [4.69, 9.17) is 0 Å². The first kappa shape index (κ1) is 12.3. The van der Waals surface area contributed by atoms with Crippen LogP contribution in [0.3, 0.4) is 0 Å². The largest absolute Gasteiger partial charge is 0.333 e. The Labute approximate surface area is 93.2 Å². The smallest absolute Gasteiger partial charge is 0.318 e. The van der Waals surface area contributed by atoms with Crippen molar-refractivity contribution >= 4 is 6.03 Å². The summed E-state index contributed by atoms with van der Waals surface area (Å²) in [6.07, 6.45) is 2.57. The molecule has 15 heavy (non-hydrogen) atoms. The molecule has 1 aliphatic carbocycles. The minimum absolute atomic E-state index is 0.0735. The predicted molar refractivity (Wildman–Crippen MR) is 62.9 cm³/mol. The van der Waals surface area contributed by atoms with Crippen LogP contribution in [0.2, 0.25) is 0 Å². The van der Waals surface area contributed by atoms with Crippen molar-refractivity contribution in [2.24, 2.45) is 5.92 Å². The number of hydrogen-bond acceptors (Lipinski definition) is 1. The molecule has 3 heteroatoms. The van der Waals surface area contributed by atoms with Crippen LogP contribution in [0.15, 0.2) is 0 Å². The lowest BCUT2D eigenvalue weighted by atomic mass is 10.1. The van der Waals surface area contributed by atoms with Gasteiger partial charge in [0.1, 0.15) is 0 Å². The molecule has 1 rings (SSSR count).